The largest absolute Gasteiger partial charge is 0.481 e. The first kappa shape index (κ1) is 20.2. The molecule has 2 aromatic carbocycles. The molecule has 1 N–H and O–H groups in total. The van der Waals surface area contributed by atoms with Gasteiger partial charge in [0.15, 0.2) is 0 Å². The lowest BCUT2D eigenvalue weighted by molar-refractivity contribution is -0.148. The van der Waals surface area contributed by atoms with Crippen LogP contribution in [0.15, 0.2) is 52.9 Å². The molecule has 1 fully saturated rings. The van der Waals surface area contributed by atoms with E-state index in [9.17, 15) is 14.3 Å². The normalized spacial score (nSPS) is 17.5. The summed E-state index contributed by atoms with van der Waals surface area (Å²) in [4.78, 5) is 15.0. The molecule has 0 spiro atoms. The molecule has 4 rings (SSSR count). The van der Waals surface area contributed by atoms with Crippen LogP contribution in [-0.4, -0.2) is 35.6 Å². The number of benzene rings is 2. The van der Waals surface area contributed by atoms with Gasteiger partial charge in [-0.25, -0.2) is 4.39 Å². The molecule has 0 unspecified atom stereocenters. The van der Waals surface area contributed by atoms with Gasteiger partial charge >= 0.3 is 5.97 Å². The van der Waals surface area contributed by atoms with Crippen LogP contribution in [0.3, 0.4) is 0 Å². The summed E-state index contributed by atoms with van der Waals surface area (Å²) >= 11 is 1.76. The van der Waals surface area contributed by atoms with E-state index in [2.05, 4.69) is 29.2 Å². The van der Waals surface area contributed by atoms with Crippen LogP contribution in [0, 0.1) is 11.2 Å². The maximum atomic E-state index is 13.9. The average molecular weight is 412 g/mol. The minimum Gasteiger partial charge on any atom is -0.481 e. The number of hydrogen-bond acceptors (Lipinski definition) is 3. The maximum Gasteiger partial charge on any atom is 0.310 e. The molecule has 2 aromatic rings. The number of rotatable bonds is 3. The monoisotopic (exact) mass is 411 g/mol. The van der Waals surface area contributed by atoms with Crippen molar-refractivity contribution in [3.8, 4) is 0 Å². The second-order valence-electron chi connectivity index (χ2n) is 8.53. The lowest BCUT2D eigenvalue weighted by atomic mass is 9.85. The summed E-state index contributed by atoms with van der Waals surface area (Å²) in [5.41, 5.74) is 5.30. The van der Waals surface area contributed by atoms with E-state index in [1.807, 2.05) is 6.07 Å². The predicted octanol–water partition coefficient (Wildman–Crippen LogP) is 5.44. The highest BCUT2D eigenvalue weighted by molar-refractivity contribution is 7.98. The first-order valence-electron chi connectivity index (χ1n) is 10.0. The van der Waals surface area contributed by atoms with Crippen LogP contribution in [-0.2, 0) is 10.5 Å². The Balaban J connectivity index is 1.69. The summed E-state index contributed by atoms with van der Waals surface area (Å²) in [6, 6.07) is 13.6. The third-order valence-electron chi connectivity index (χ3n) is 5.89. The van der Waals surface area contributed by atoms with Gasteiger partial charge in [-0.1, -0.05) is 29.8 Å². The van der Waals surface area contributed by atoms with E-state index >= 15 is 0 Å². The average Bonchev–Trinajstić information content (AvgIpc) is 2.85. The molecular weight excluding hydrogens is 385 g/mol. The Kier molecular flexibility index (Phi) is 5.54. The lowest BCUT2D eigenvalue weighted by Crippen LogP contribution is -2.42. The van der Waals surface area contributed by atoms with E-state index in [1.165, 1.54) is 21.6 Å². The highest BCUT2D eigenvalue weighted by Gasteiger charge is 2.31. The molecule has 2 aliphatic heterocycles. The van der Waals surface area contributed by atoms with Crippen molar-refractivity contribution in [3.63, 3.8) is 0 Å². The van der Waals surface area contributed by atoms with E-state index in [1.54, 1.807) is 37.7 Å². The van der Waals surface area contributed by atoms with Crippen LogP contribution in [0.25, 0.3) is 5.57 Å². The topological polar surface area (TPSA) is 40.5 Å². The Morgan fingerprint density at radius 1 is 1.14 bits per heavy atom. The minimum absolute atomic E-state index is 0.189. The molecule has 152 valence electrons. The molecule has 0 atom stereocenters. The van der Waals surface area contributed by atoms with Gasteiger partial charge in [-0.15, -0.1) is 11.8 Å². The lowest BCUT2D eigenvalue weighted by Gasteiger charge is -2.34. The number of halogens is 1. The van der Waals surface area contributed by atoms with Crippen molar-refractivity contribution in [2.24, 2.45) is 5.41 Å². The van der Waals surface area contributed by atoms with Crippen molar-refractivity contribution in [1.82, 2.24) is 4.90 Å². The fourth-order valence-electron chi connectivity index (χ4n) is 4.26. The fourth-order valence-corrected chi connectivity index (χ4v) is 5.31. The number of thioether (sulfide) groups is 1. The van der Waals surface area contributed by atoms with E-state index in [4.69, 9.17) is 0 Å². The molecule has 0 radical (unpaired) electrons. The molecule has 2 heterocycles. The third-order valence-corrected chi connectivity index (χ3v) is 7.01. The molecule has 0 amide bonds. The number of carboxylic acids is 1. The molecular formula is C24H26FNO2S. The number of carbonyl (C=O) groups is 1. The second kappa shape index (κ2) is 7.96. The van der Waals surface area contributed by atoms with Crippen LogP contribution in [0.1, 0.15) is 43.4 Å². The second-order valence-corrected chi connectivity index (χ2v) is 9.55. The zero-order chi connectivity index (χ0) is 20.6. The van der Waals surface area contributed by atoms with Crippen molar-refractivity contribution in [2.75, 3.05) is 19.6 Å². The number of fused-ring (bicyclic) bond motifs is 2. The van der Waals surface area contributed by atoms with Crippen LogP contribution >= 0.6 is 11.8 Å². The summed E-state index contributed by atoms with van der Waals surface area (Å²) in [5.74, 6) is -0.183. The van der Waals surface area contributed by atoms with Crippen molar-refractivity contribution in [3.05, 3.63) is 70.5 Å². The quantitative estimate of drug-likeness (QED) is 0.730. The molecule has 0 aromatic heterocycles. The number of hydrogen-bond donors (Lipinski definition) is 1. The Bertz CT molecular complexity index is 973. The fraction of sp³-hybridized carbons (Fsp3) is 0.375. The minimum atomic E-state index is -0.757. The summed E-state index contributed by atoms with van der Waals surface area (Å²) in [6.45, 7) is 5.82. The van der Waals surface area contributed by atoms with Crippen molar-refractivity contribution in [2.45, 2.75) is 37.3 Å². The van der Waals surface area contributed by atoms with Crippen LogP contribution in [0.2, 0.25) is 0 Å². The SMILES string of the molecule is CC(C)(CN1CCC(=C2c3ccc(F)cc3CSc3ccccc32)CC1)C(=O)O. The number of nitrogens with zero attached hydrogens (tertiary/aromatic N) is 1. The molecule has 5 heteroatoms. The molecule has 0 bridgehead atoms. The van der Waals surface area contributed by atoms with Crippen LogP contribution in [0.4, 0.5) is 4.39 Å². The van der Waals surface area contributed by atoms with Crippen molar-refractivity contribution < 1.29 is 14.3 Å². The summed E-state index contributed by atoms with van der Waals surface area (Å²) in [6.07, 6.45) is 1.81. The van der Waals surface area contributed by atoms with Gasteiger partial charge in [0.1, 0.15) is 5.82 Å². The number of aliphatic carboxylic acids is 1. The zero-order valence-corrected chi connectivity index (χ0v) is 17.7. The summed E-state index contributed by atoms with van der Waals surface area (Å²) in [5, 5.41) is 9.43. The standard InChI is InChI=1S/C24H26FNO2S/c1-24(2,23(27)28)15-26-11-9-16(10-12-26)22-19-8-7-18(25)13-17(19)14-29-21-6-4-3-5-20(21)22/h3-8,13H,9-12,14-15H2,1-2H3,(H,27,28). The van der Waals surface area contributed by atoms with Gasteiger partial charge in [0.05, 0.1) is 5.41 Å². The molecule has 29 heavy (non-hydrogen) atoms. The first-order valence-corrected chi connectivity index (χ1v) is 11.0. The van der Waals surface area contributed by atoms with Gasteiger partial charge in [-0.2, -0.15) is 0 Å². The van der Waals surface area contributed by atoms with Crippen LogP contribution in [0.5, 0.6) is 0 Å². The number of likely N-dealkylation sites (tertiary alicyclic amines) is 1. The summed E-state index contributed by atoms with van der Waals surface area (Å²) < 4.78 is 13.9. The van der Waals surface area contributed by atoms with Gasteiger partial charge in [0, 0.05) is 30.3 Å². The number of piperidine rings is 1. The Morgan fingerprint density at radius 3 is 2.59 bits per heavy atom. The molecule has 0 aliphatic carbocycles. The Morgan fingerprint density at radius 2 is 1.86 bits per heavy atom. The van der Waals surface area contributed by atoms with Gasteiger partial charge in [0.25, 0.3) is 0 Å². The van der Waals surface area contributed by atoms with Gasteiger partial charge in [-0.3, -0.25) is 4.79 Å². The zero-order valence-electron chi connectivity index (χ0n) is 16.9. The Hall–Kier alpha value is -2.11. The van der Waals surface area contributed by atoms with Crippen molar-refractivity contribution >= 4 is 23.3 Å². The van der Waals surface area contributed by atoms with E-state index < -0.39 is 11.4 Å². The van der Waals surface area contributed by atoms with E-state index in [0.29, 0.717) is 6.54 Å². The molecule has 0 saturated carbocycles. The first-order chi connectivity index (χ1) is 13.8. The Labute approximate surface area is 175 Å². The summed E-state index contributed by atoms with van der Waals surface area (Å²) in [7, 11) is 0. The van der Waals surface area contributed by atoms with E-state index in [0.717, 1.165) is 42.8 Å². The maximum absolute atomic E-state index is 13.9. The third kappa shape index (κ3) is 4.12. The number of carboxylic acid groups (broad SMARTS) is 1. The smallest absolute Gasteiger partial charge is 0.310 e. The van der Waals surface area contributed by atoms with Gasteiger partial charge in [0.2, 0.25) is 0 Å². The molecule has 3 nitrogen and oxygen atoms in total. The van der Waals surface area contributed by atoms with Crippen molar-refractivity contribution in [1.29, 1.82) is 0 Å². The van der Waals surface area contributed by atoms with E-state index in [-0.39, 0.29) is 5.82 Å². The highest BCUT2D eigenvalue weighted by Crippen LogP contribution is 2.43. The molecule has 1 saturated heterocycles. The predicted molar refractivity (Wildman–Crippen MR) is 116 cm³/mol. The molecule has 2 aliphatic rings. The van der Waals surface area contributed by atoms with Gasteiger partial charge in [-0.05, 0) is 67.2 Å². The van der Waals surface area contributed by atoms with Gasteiger partial charge < -0.3 is 10.0 Å². The highest BCUT2D eigenvalue weighted by atomic mass is 32.2. The van der Waals surface area contributed by atoms with Crippen LogP contribution < -0.4 is 0 Å².